The molecule has 114 valence electrons. The monoisotopic (exact) mass is 308 g/mol. The molecule has 2 rings (SSSR count). The van der Waals surface area contributed by atoms with Crippen LogP contribution in [0.2, 0.25) is 0 Å². The summed E-state index contributed by atoms with van der Waals surface area (Å²) < 4.78 is 31.8. The SMILES string of the molecule is Cc1ccc(S(=O)(=O)N(C)Cc2c(C)noc2C)c(C)c1. The standard InChI is InChI=1S/C15H20N2O3S/c1-10-6-7-15(11(2)8-10)21(18,19)17(5)9-14-12(3)16-20-13(14)4/h6-8H,9H2,1-5H3. The molecule has 5 nitrogen and oxygen atoms in total. The minimum atomic E-state index is -3.53. The first kappa shape index (κ1) is 15.7. The Bertz CT molecular complexity index is 744. The molecule has 2 aromatic rings. The molecule has 0 spiro atoms. The molecule has 0 saturated carbocycles. The lowest BCUT2D eigenvalue weighted by atomic mass is 10.2. The summed E-state index contributed by atoms with van der Waals surface area (Å²) in [5, 5.41) is 3.86. The first-order chi connectivity index (χ1) is 9.73. The quantitative estimate of drug-likeness (QED) is 0.871. The lowest BCUT2D eigenvalue weighted by molar-refractivity contribution is 0.390. The molecule has 0 aliphatic rings. The molecular formula is C15H20N2O3S. The molecular weight excluding hydrogens is 288 g/mol. The highest BCUT2D eigenvalue weighted by Crippen LogP contribution is 2.23. The average molecular weight is 308 g/mol. The van der Waals surface area contributed by atoms with Gasteiger partial charge in [0.15, 0.2) is 0 Å². The Balaban J connectivity index is 2.35. The van der Waals surface area contributed by atoms with E-state index in [1.807, 2.05) is 32.9 Å². The van der Waals surface area contributed by atoms with E-state index in [-0.39, 0.29) is 6.54 Å². The molecule has 1 aromatic carbocycles. The van der Waals surface area contributed by atoms with Gasteiger partial charge in [0.05, 0.1) is 10.6 Å². The molecule has 1 heterocycles. The zero-order valence-electron chi connectivity index (χ0n) is 13.0. The molecule has 1 aromatic heterocycles. The summed E-state index contributed by atoms with van der Waals surface area (Å²) >= 11 is 0. The van der Waals surface area contributed by atoms with E-state index in [1.165, 1.54) is 4.31 Å². The molecule has 0 bridgehead atoms. The summed E-state index contributed by atoms with van der Waals surface area (Å²) in [6, 6.07) is 5.34. The predicted octanol–water partition coefficient (Wildman–Crippen LogP) is 2.73. The second kappa shape index (κ2) is 5.61. The molecule has 0 saturated heterocycles. The third-order valence-corrected chi connectivity index (χ3v) is 5.54. The van der Waals surface area contributed by atoms with Crippen LogP contribution in [-0.2, 0) is 16.6 Å². The number of aryl methyl sites for hydroxylation is 4. The van der Waals surface area contributed by atoms with E-state index in [4.69, 9.17) is 4.52 Å². The summed E-state index contributed by atoms with van der Waals surface area (Å²) in [5.41, 5.74) is 3.32. The van der Waals surface area contributed by atoms with Crippen LogP contribution in [0.5, 0.6) is 0 Å². The summed E-state index contributed by atoms with van der Waals surface area (Å²) in [5.74, 6) is 0.648. The highest BCUT2D eigenvalue weighted by molar-refractivity contribution is 7.89. The number of nitrogens with zero attached hydrogens (tertiary/aromatic N) is 2. The molecule has 0 unspecified atom stereocenters. The second-order valence-electron chi connectivity index (χ2n) is 5.33. The van der Waals surface area contributed by atoms with Crippen LogP contribution in [0.15, 0.2) is 27.6 Å². The zero-order valence-corrected chi connectivity index (χ0v) is 13.8. The van der Waals surface area contributed by atoms with E-state index in [1.54, 1.807) is 20.0 Å². The molecule has 0 atom stereocenters. The lowest BCUT2D eigenvalue weighted by Gasteiger charge is -2.18. The van der Waals surface area contributed by atoms with Crippen molar-refractivity contribution in [1.82, 2.24) is 9.46 Å². The largest absolute Gasteiger partial charge is 0.361 e. The van der Waals surface area contributed by atoms with Gasteiger partial charge in [-0.25, -0.2) is 8.42 Å². The van der Waals surface area contributed by atoms with Gasteiger partial charge in [0.1, 0.15) is 5.76 Å². The average Bonchev–Trinajstić information content (AvgIpc) is 2.70. The van der Waals surface area contributed by atoms with Crippen LogP contribution in [0.4, 0.5) is 0 Å². The van der Waals surface area contributed by atoms with Crippen molar-refractivity contribution in [2.45, 2.75) is 39.1 Å². The summed E-state index contributed by atoms with van der Waals surface area (Å²) in [7, 11) is -1.96. The molecule has 0 aliphatic heterocycles. The van der Waals surface area contributed by atoms with Crippen LogP contribution in [0.25, 0.3) is 0 Å². The number of benzene rings is 1. The number of rotatable bonds is 4. The van der Waals surface area contributed by atoms with Gasteiger partial charge in [-0.3, -0.25) is 0 Å². The Morgan fingerprint density at radius 3 is 2.38 bits per heavy atom. The maximum atomic E-state index is 12.7. The number of aromatic nitrogens is 1. The lowest BCUT2D eigenvalue weighted by Crippen LogP contribution is -2.27. The first-order valence-corrected chi connectivity index (χ1v) is 8.13. The fourth-order valence-electron chi connectivity index (χ4n) is 2.29. The molecule has 0 aliphatic carbocycles. The van der Waals surface area contributed by atoms with Crippen molar-refractivity contribution in [2.75, 3.05) is 7.05 Å². The molecule has 6 heteroatoms. The van der Waals surface area contributed by atoms with Crippen LogP contribution in [0, 0.1) is 27.7 Å². The zero-order chi connectivity index (χ0) is 15.8. The highest BCUT2D eigenvalue weighted by atomic mass is 32.2. The van der Waals surface area contributed by atoms with E-state index in [0.29, 0.717) is 10.7 Å². The van der Waals surface area contributed by atoms with E-state index in [0.717, 1.165) is 22.4 Å². The second-order valence-corrected chi connectivity index (χ2v) is 7.35. The normalized spacial score (nSPS) is 12.1. The maximum Gasteiger partial charge on any atom is 0.243 e. The molecule has 0 fully saturated rings. The van der Waals surface area contributed by atoms with Crippen molar-refractivity contribution in [3.63, 3.8) is 0 Å². The van der Waals surface area contributed by atoms with Crippen LogP contribution < -0.4 is 0 Å². The summed E-state index contributed by atoms with van der Waals surface area (Å²) in [6.45, 7) is 7.59. The molecule has 21 heavy (non-hydrogen) atoms. The van der Waals surface area contributed by atoms with Gasteiger partial charge in [-0.15, -0.1) is 0 Å². The van der Waals surface area contributed by atoms with Crippen molar-refractivity contribution < 1.29 is 12.9 Å². The molecule has 0 radical (unpaired) electrons. The Morgan fingerprint density at radius 1 is 1.19 bits per heavy atom. The topological polar surface area (TPSA) is 63.4 Å². The summed E-state index contributed by atoms with van der Waals surface area (Å²) in [6.07, 6.45) is 0. The van der Waals surface area contributed by atoms with E-state index < -0.39 is 10.0 Å². The van der Waals surface area contributed by atoms with Crippen molar-refractivity contribution in [2.24, 2.45) is 0 Å². The minimum absolute atomic E-state index is 0.247. The third-order valence-electron chi connectivity index (χ3n) is 3.58. The van der Waals surface area contributed by atoms with Crippen LogP contribution >= 0.6 is 0 Å². The van der Waals surface area contributed by atoms with E-state index in [9.17, 15) is 8.42 Å². The first-order valence-electron chi connectivity index (χ1n) is 6.69. The fraction of sp³-hybridized carbons (Fsp3) is 0.400. The van der Waals surface area contributed by atoms with Crippen molar-refractivity contribution in [1.29, 1.82) is 0 Å². The van der Waals surface area contributed by atoms with Crippen LogP contribution in [-0.4, -0.2) is 24.9 Å². The van der Waals surface area contributed by atoms with Gasteiger partial charge in [-0.2, -0.15) is 4.31 Å². The minimum Gasteiger partial charge on any atom is -0.361 e. The fourth-order valence-corrected chi connectivity index (χ4v) is 3.63. The Hall–Kier alpha value is -1.66. The van der Waals surface area contributed by atoms with Gasteiger partial charge in [0.25, 0.3) is 0 Å². The molecule has 0 N–H and O–H groups in total. The van der Waals surface area contributed by atoms with Gasteiger partial charge in [0.2, 0.25) is 10.0 Å². The van der Waals surface area contributed by atoms with Gasteiger partial charge in [-0.1, -0.05) is 22.9 Å². The molecule has 0 amide bonds. The number of hydrogen-bond donors (Lipinski definition) is 0. The van der Waals surface area contributed by atoms with Gasteiger partial charge >= 0.3 is 0 Å². The smallest absolute Gasteiger partial charge is 0.243 e. The van der Waals surface area contributed by atoms with Crippen LogP contribution in [0.1, 0.15) is 28.1 Å². The van der Waals surface area contributed by atoms with Gasteiger partial charge in [0, 0.05) is 19.2 Å². The number of sulfonamides is 1. The summed E-state index contributed by atoms with van der Waals surface area (Å²) in [4.78, 5) is 0.336. The Morgan fingerprint density at radius 2 is 1.86 bits per heavy atom. The predicted molar refractivity (Wildman–Crippen MR) is 80.5 cm³/mol. The maximum absolute atomic E-state index is 12.7. The van der Waals surface area contributed by atoms with Gasteiger partial charge in [-0.05, 0) is 39.3 Å². The van der Waals surface area contributed by atoms with Gasteiger partial charge < -0.3 is 4.52 Å². The van der Waals surface area contributed by atoms with Crippen molar-refractivity contribution in [3.05, 3.63) is 46.3 Å². The van der Waals surface area contributed by atoms with E-state index >= 15 is 0 Å². The Kier molecular flexibility index (Phi) is 4.20. The highest BCUT2D eigenvalue weighted by Gasteiger charge is 2.24. The van der Waals surface area contributed by atoms with Crippen molar-refractivity contribution in [3.8, 4) is 0 Å². The number of hydrogen-bond acceptors (Lipinski definition) is 4. The van der Waals surface area contributed by atoms with Crippen LogP contribution in [0.3, 0.4) is 0 Å². The third kappa shape index (κ3) is 3.01. The van der Waals surface area contributed by atoms with E-state index in [2.05, 4.69) is 5.16 Å². The Labute approximate surface area is 125 Å². The van der Waals surface area contributed by atoms with Crippen molar-refractivity contribution >= 4 is 10.0 Å².